The van der Waals surface area contributed by atoms with Crippen LogP contribution in [-0.4, -0.2) is 30.4 Å². The first-order valence-electron chi connectivity index (χ1n) is 6.52. The molecule has 0 fully saturated rings. The molecule has 1 aliphatic rings. The number of carbonyl (C=O) groups is 3. The first-order valence-corrected chi connectivity index (χ1v) is 6.52. The van der Waals surface area contributed by atoms with Crippen LogP contribution in [0.2, 0.25) is 0 Å². The lowest BCUT2D eigenvalue weighted by atomic mass is 10.1. The highest BCUT2D eigenvalue weighted by Crippen LogP contribution is 2.34. The molecule has 7 heteroatoms. The maximum atomic E-state index is 12.2. The van der Waals surface area contributed by atoms with Gasteiger partial charge in [-0.1, -0.05) is 6.07 Å². The van der Waals surface area contributed by atoms with E-state index in [1.807, 2.05) is 13.0 Å². The Kier molecular flexibility index (Phi) is 4.11. The first-order chi connectivity index (χ1) is 9.88. The van der Waals surface area contributed by atoms with E-state index in [9.17, 15) is 14.4 Å². The van der Waals surface area contributed by atoms with Crippen molar-refractivity contribution in [3.63, 3.8) is 0 Å². The average Bonchev–Trinajstić information content (AvgIpc) is 2.42. The fourth-order valence-corrected chi connectivity index (χ4v) is 2.02. The summed E-state index contributed by atoms with van der Waals surface area (Å²) in [4.78, 5) is 36.1. The molecule has 1 heterocycles. The molecule has 0 unspecified atom stereocenters. The maximum absolute atomic E-state index is 12.2. The monoisotopic (exact) mass is 291 g/mol. The number of hydrogen-bond acceptors (Lipinski definition) is 4. The second-order valence-electron chi connectivity index (χ2n) is 4.89. The molecule has 1 atom stereocenters. The Morgan fingerprint density at radius 2 is 2.05 bits per heavy atom. The second-order valence-corrected chi connectivity index (χ2v) is 4.89. The van der Waals surface area contributed by atoms with Crippen LogP contribution in [0.25, 0.3) is 0 Å². The van der Waals surface area contributed by atoms with E-state index in [2.05, 4.69) is 10.9 Å². The number of ether oxygens (including phenoxy) is 1. The molecule has 0 saturated heterocycles. The molecule has 0 aromatic heterocycles. The van der Waals surface area contributed by atoms with Gasteiger partial charge in [-0.2, -0.15) is 0 Å². The molecule has 21 heavy (non-hydrogen) atoms. The predicted octanol–water partition coefficient (Wildman–Crippen LogP) is 0.276. The van der Waals surface area contributed by atoms with Gasteiger partial charge in [0.15, 0.2) is 6.10 Å². The van der Waals surface area contributed by atoms with Gasteiger partial charge >= 0.3 is 0 Å². The number of nitrogens with one attached hydrogen (secondary N) is 2. The zero-order valence-electron chi connectivity index (χ0n) is 12.1. The van der Waals surface area contributed by atoms with E-state index in [1.165, 1.54) is 11.8 Å². The minimum atomic E-state index is -0.659. The van der Waals surface area contributed by atoms with Crippen LogP contribution in [0.1, 0.15) is 19.4 Å². The minimum Gasteiger partial charge on any atom is -0.479 e. The Morgan fingerprint density at radius 3 is 2.71 bits per heavy atom. The van der Waals surface area contributed by atoms with Gasteiger partial charge in [0.05, 0.1) is 5.69 Å². The van der Waals surface area contributed by atoms with E-state index in [1.54, 1.807) is 19.1 Å². The Hall–Kier alpha value is -2.57. The smallest absolute Gasteiger partial charge is 0.268 e. The van der Waals surface area contributed by atoms with Crippen LogP contribution in [0.3, 0.4) is 0 Å². The SMILES string of the molecule is CC(=O)NNC(=O)CN1C(=O)[C@H](C)Oc2ccc(C)cc21. The van der Waals surface area contributed by atoms with Crippen molar-refractivity contribution in [2.24, 2.45) is 0 Å². The minimum absolute atomic E-state index is 0.191. The second kappa shape index (κ2) is 5.82. The summed E-state index contributed by atoms with van der Waals surface area (Å²) < 4.78 is 5.52. The quantitative estimate of drug-likeness (QED) is 0.766. The van der Waals surface area contributed by atoms with Crippen LogP contribution in [-0.2, 0) is 14.4 Å². The molecule has 0 saturated carbocycles. The van der Waals surface area contributed by atoms with Crippen molar-refractivity contribution in [2.75, 3.05) is 11.4 Å². The molecule has 2 rings (SSSR count). The highest BCUT2D eigenvalue weighted by Gasteiger charge is 2.32. The predicted molar refractivity (Wildman–Crippen MR) is 75.6 cm³/mol. The van der Waals surface area contributed by atoms with Gasteiger partial charge in [0.1, 0.15) is 12.3 Å². The number of hydrogen-bond donors (Lipinski definition) is 2. The standard InChI is InChI=1S/C14H17N3O4/c1-8-4-5-12-11(6-8)17(14(20)9(2)21-12)7-13(19)16-15-10(3)18/h4-6,9H,7H2,1-3H3,(H,15,18)(H,16,19)/t9-/m0/s1. The van der Waals surface area contributed by atoms with Gasteiger partial charge in [0.25, 0.3) is 11.8 Å². The van der Waals surface area contributed by atoms with Gasteiger partial charge < -0.3 is 4.74 Å². The summed E-state index contributed by atoms with van der Waals surface area (Å²) in [6, 6.07) is 5.42. The summed E-state index contributed by atoms with van der Waals surface area (Å²) in [5, 5.41) is 0. The van der Waals surface area contributed by atoms with Crippen LogP contribution < -0.4 is 20.5 Å². The molecule has 1 aromatic carbocycles. The molecule has 0 aliphatic carbocycles. The van der Waals surface area contributed by atoms with Gasteiger partial charge in [0.2, 0.25) is 5.91 Å². The Balaban J connectivity index is 2.21. The van der Waals surface area contributed by atoms with E-state index >= 15 is 0 Å². The van der Waals surface area contributed by atoms with E-state index in [-0.39, 0.29) is 18.4 Å². The molecule has 0 bridgehead atoms. The zero-order chi connectivity index (χ0) is 15.6. The summed E-state index contributed by atoms with van der Waals surface area (Å²) in [6.07, 6.45) is -0.659. The van der Waals surface area contributed by atoms with Crippen molar-refractivity contribution in [2.45, 2.75) is 26.9 Å². The summed E-state index contributed by atoms with van der Waals surface area (Å²) in [5.41, 5.74) is 5.93. The number of fused-ring (bicyclic) bond motifs is 1. The maximum Gasteiger partial charge on any atom is 0.268 e. The van der Waals surface area contributed by atoms with Crippen LogP contribution in [0.15, 0.2) is 18.2 Å². The third kappa shape index (κ3) is 3.31. The molecule has 0 radical (unpaired) electrons. The number of amides is 3. The highest BCUT2D eigenvalue weighted by molar-refractivity contribution is 6.03. The number of hydrazine groups is 1. The van der Waals surface area contributed by atoms with Gasteiger partial charge in [-0.05, 0) is 31.5 Å². The summed E-state index contributed by atoms with van der Waals surface area (Å²) in [5.74, 6) is -0.618. The van der Waals surface area contributed by atoms with Crippen molar-refractivity contribution in [1.29, 1.82) is 0 Å². The Bertz CT molecular complexity index is 600. The van der Waals surface area contributed by atoms with Crippen LogP contribution >= 0.6 is 0 Å². The summed E-state index contributed by atoms with van der Waals surface area (Å²) >= 11 is 0. The lowest BCUT2D eigenvalue weighted by Gasteiger charge is -2.32. The largest absolute Gasteiger partial charge is 0.479 e. The highest BCUT2D eigenvalue weighted by atomic mass is 16.5. The number of anilines is 1. The topological polar surface area (TPSA) is 87.7 Å². The van der Waals surface area contributed by atoms with Crippen LogP contribution in [0.5, 0.6) is 5.75 Å². The van der Waals surface area contributed by atoms with Crippen molar-refractivity contribution in [1.82, 2.24) is 10.9 Å². The summed E-state index contributed by atoms with van der Waals surface area (Å²) in [6.45, 7) is 4.60. The average molecular weight is 291 g/mol. The van der Waals surface area contributed by atoms with Crippen molar-refractivity contribution < 1.29 is 19.1 Å². The van der Waals surface area contributed by atoms with Crippen molar-refractivity contribution >= 4 is 23.4 Å². The molecular weight excluding hydrogens is 274 g/mol. The van der Waals surface area contributed by atoms with Crippen LogP contribution in [0.4, 0.5) is 5.69 Å². The molecule has 3 amide bonds. The lowest BCUT2D eigenvalue weighted by molar-refractivity contribution is -0.129. The van der Waals surface area contributed by atoms with Gasteiger partial charge in [-0.15, -0.1) is 0 Å². The van der Waals surface area contributed by atoms with E-state index in [4.69, 9.17) is 4.74 Å². The Morgan fingerprint density at radius 1 is 1.33 bits per heavy atom. The first kappa shape index (κ1) is 14.8. The molecule has 2 N–H and O–H groups in total. The number of nitrogens with zero attached hydrogens (tertiary/aromatic N) is 1. The Labute approximate surface area is 122 Å². The molecule has 1 aliphatic heterocycles. The van der Waals surface area contributed by atoms with Gasteiger partial charge in [-0.3, -0.25) is 30.1 Å². The molecule has 7 nitrogen and oxygen atoms in total. The van der Waals surface area contributed by atoms with Crippen molar-refractivity contribution in [3.05, 3.63) is 23.8 Å². The van der Waals surface area contributed by atoms with E-state index in [0.29, 0.717) is 11.4 Å². The third-order valence-electron chi connectivity index (χ3n) is 3.00. The lowest BCUT2D eigenvalue weighted by Crippen LogP contribution is -2.51. The number of benzene rings is 1. The molecule has 1 aromatic rings. The third-order valence-corrected chi connectivity index (χ3v) is 3.00. The zero-order valence-corrected chi connectivity index (χ0v) is 12.1. The fourth-order valence-electron chi connectivity index (χ4n) is 2.02. The number of rotatable bonds is 2. The van der Waals surface area contributed by atoms with E-state index in [0.717, 1.165) is 5.56 Å². The van der Waals surface area contributed by atoms with Gasteiger partial charge in [0, 0.05) is 6.92 Å². The van der Waals surface area contributed by atoms with Crippen LogP contribution in [0, 0.1) is 6.92 Å². The number of carbonyl (C=O) groups excluding carboxylic acids is 3. The molecule has 112 valence electrons. The molecule has 0 spiro atoms. The van der Waals surface area contributed by atoms with Crippen molar-refractivity contribution in [3.8, 4) is 5.75 Å². The summed E-state index contributed by atoms with van der Waals surface area (Å²) in [7, 11) is 0. The fraction of sp³-hybridized carbons (Fsp3) is 0.357. The van der Waals surface area contributed by atoms with Gasteiger partial charge in [-0.25, -0.2) is 0 Å². The molecular formula is C14H17N3O4. The number of aryl methyl sites for hydroxylation is 1. The van der Waals surface area contributed by atoms with E-state index < -0.39 is 12.0 Å². The normalized spacial score (nSPS) is 16.8.